The summed E-state index contributed by atoms with van der Waals surface area (Å²) < 4.78 is 0. The molecule has 0 rings (SSSR count). The topological polar surface area (TPSA) is 0 Å². The maximum absolute atomic E-state index is 0. The van der Waals surface area contributed by atoms with Crippen molar-refractivity contribution in [3.63, 3.8) is 0 Å². The van der Waals surface area contributed by atoms with E-state index in [1.54, 1.807) is 0 Å². The maximum atomic E-state index is 0. The third-order valence-corrected chi connectivity index (χ3v) is 0. The molecule has 0 fully saturated rings. The van der Waals surface area contributed by atoms with E-state index >= 15 is 0 Å². The van der Waals surface area contributed by atoms with Gasteiger partial charge in [0.05, 0.1) is 0 Å². The quantitative estimate of drug-likeness (QED) is 0.321. The summed E-state index contributed by atoms with van der Waals surface area (Å²) in [6.07, 6.45) is 0. The summed E-state index contributed by atoms with van der Waals surface area (Å²) >= 11 is 0. The van der Waals surface area contributed by atoms with Crippen molar-refractivity contribution in [3.8, 4) is 0 Å². The molecule has 0 N–H and O–H groups in total. The summed E-state index contributed by atoms with van der Waals surface area (Å²) in [7, 11) is 0. The van der Waals surface area contributed by atoms with E-state index in [1.807, 2.05) is 0 Å². The van der Waals surface area contributed by atoms with Gasteiger partial charge < -0.3 is 74.4 Å². The van der Waals surface area contributed by atoms with Crippen molar-refractivity contribution in [2.75, 3.05) is 0 Å². The Bertz CT molecular complexity index is 8.49. The molecule has 0 nitrogen and oxygen atoms in total. The molecule has 0 heterocycles. The summed E-state index contributed by atoms with van der Waals surface area (Å²) in [4.78, 5) is 0. The Morgan fingerprint density at radius 3 is 0.375 bits per heavy atom. The SMILES string of the molecule is [Cl-].[Cl-].[Cl-].[Cl-].[Cl-].[Cl-].[Mn+2].[W]. The summed E-state index contributed by atoms with van der Waals surface area (Å²) in [5.74, 6) is 0. The molecule has 0 aromatic carbocycles. The Hall–Kier alpha value is 2.95. The molecule has 0 aliphatic heterocycles. The van der Waals surface area contributed by atoms with Gasteiger partial charge in [-0.2, -0.15) is 0 Å². The van der Waals surface area contributed by atoms with Gasteiger partial charge in [-0.05, 0) is 0 Å². The van der Waals surface area contributed by atoms with Crippen LogP contribution in [0.5, 0.6) is 0 Å². The van der Waals surface area contributed by atoms with Gasteiger partial charge in [-0.15, -0.1) is 0 Å². The van der Waals surface area contributed by atoms with E-state index in [-0.39, 0.29) is 113 Å². The van der Waals surface area contributed by atoms with Crippen molar-refractivity contribution in [1.82, 2.24) is 0 Å². The molecule has 0 aliphatic carbocycles. The molecule has 8 heavy (non-hydrogen) atoms. The second-order valence-electron chi connectivity index (χ2n) is 0. The smallest absolute Gasteiger partial charge is 1.00 e. The van der Waals surface area contributed by atoms with Crippen LogP contribution < -0.4 is 74.4 Å². The fourth-order valence-corrected chi connectivity index (χ4v) is 0. The Labute approximate surface area is 111 Å². The molecule has 0 aromatic rings. The Morgan fingerprint density at radius 2 is 0.375 bits per heavy atom. The first-order valence-corrected chi connectivity index (χ1v) is 0. The third kappa shape index (κ3) is 65.0. The zero-order chi connectivity index (χ0) is 0. The second kappa shape index (κ2) is 91.7. The largest absolute Gasteiger partial charge is 2.00 e. The van der Waals surface area contributed by atoms with Crippen LogP contribution in [0, 0.1) is 0 Å². The van der Waals surface area contributed by atoms with E-state index in [1.165, 1.54) is 0 Å². The van der Waals surface area contributed by atoms with E-state index in [4.69, 9.17) is 0 Å². The molecule has 0 bridgehead atoms. The van der Waals surface area contributed by atoms with E-state index in [2.05, 4.69) is 0 Å². The molecule has 0 saturated carbocycles. The van der Waals surface area contributed by atoms with Crippen LogP contribution in [-0.4, -0.2) is 0 Å². The van der Waals surface area contributed by atoms with Gasteiger partial charge in [-0.1, -0.05) is 0 Å². The van der Waals surface area contributed by atoms with Gasteiger partial charge >= 0.3 is 17.1 Å². The van der Waals surface area contributed by atoms with Crippen molar-refractivity contribution in [3.05, 3.63) is 0 Å². The predicted molar refractivity (Wildman–Crippen MR) is 0 cm³/mol. The Balaban J connectivity index is 0. The number of rotatable bonds is 0. The van der Waals surface area contributed by atoms with Crippen molar-refractivity contribution >= 4 is 0 Å². The minimum atomic E-state index is 0. The first kappa shape index (κ1) is 125. The normalized spacial score (nSPS) is 0. The zero-order valence-corrected chi connectivity index (χ0v) is 11.7. The number of hydrogen-bond donors (Lipinski definition) is 0. The van der Waals surface area contributed by atoms with Crippen LogP contribution in [0.2, 0.25) is 0 Å². The van der Waals surface area contributed by atoms with Crippen LogP contribution in [0.3, 0.4) is 0 Å². The standard InChI is InChI=1S/6ClH.Mn.W/h6*1H;;/q;;;;;;+2;/p-6. The van der Waals surface area contributed by atoms with E-state index in [9.17, 15) is 0 Å². The summed E-state index contributed by atoms with van der Waals surface area (Å²) in [6, 6.07) is 0. The van der Waals surface area contributed by atoms with Gasteiger partial charge in [0.15, 0.2) is 0 Å². The molecular weight excluding hydrogens is 451 g/mol. The van der Waals surface area contributed by atoms with Crippen molar-refractivity contribution in [2.45, 2.75) is 0 Å². The fraction of sp³-hybridized carbons (Fsp3) is 0. The maximum Gasteiger partial charge on any atom is 2.00 e. The van der Waals surface area contributed by atoms with Gasteiger partial charge in [-0.3, -0.25) is 0 Å². The van der Waals surface area contributed by atoms with Crippen LogP contribution >= 0.6 is 0 Å². The fourth-order valence-electron chi connectivity index (χ4n) is 0. The van der Waals surface area contributed by atoms with Gasteiger partial charge in [0.25, 0.3) is 0 Å². The first-order chi connectivity index (χ1) is 0. The van der Waals surface area contributed by atoms with Crippen LogP contribution in [0.4, 0.5) is 0 Å². The first-order valence-electron chi connectivity index (χ1n) is 0. The van der Waals surface area contributed by atoms with Gasteiger partial charge in [0, 0.05) is 21.1 Å². The Morgan fingerprint density at radius 1 is 0.375 bits per heavy atom. The molecule has 0 spiro atoms. The number of halogens is 6. The van der Waals surface area contributed by atoms with Crippen LogP contribution in [0.1, 0.15) is 0 Å². The molecule has 1 radical (unpaired) electrons. The van der Waals surface area contributed by atoms with E-state index < -0.39 is 0 Å². The van der Waals surface area contributed by atoms with Crippen molar-refractivity contribution in [1.29, 1.82) is 0 Å². The second-order valence-corrected chi connectivity index (χ2v) is 0. The van der Waals surface area contributed by atoms with Crippen molar-refractivity contribution < 1.29 is 113 Å². The molecule has 0 amide bonds. The van der Waals surface area contributed by atoms with Gasteiger partial charge in [0.1, 0.15) is 0 Å². The zero-order valence-electron chi connectivity index (χ0n) is 3.05. The average molecular weight is 451 g/mol. The van der Waals surface area contributed by atoms with Crippen molar-refractivity contribution in [2.24, 2.45) is 0 Å². The van der Waals surface area contributed by atoms with Gasteiger partial charge in [-0.25, -0.2) is 0 Å². The molecule has 0 saturated heterocycles. The predicted octanol–water partition coefficient (Wildman–Crippen LogP) is -18.0. The monoisotopic (exact) mass is 449 g/mol. The van der Waals surface area contributed by atoms with E-state index in [0.29, 0.717) is 0 Å². The van der Waals surface area contributed by atoms with Crippen LogP contribution in [0.15, 0.2) is 0 Å². The minimum Gasteiger partial charge on any atom is -1.00 e. The Kier molecular flexibility index (Phi) is 1430. The molecule has 59 valence electrons. The molecule has 0 atom stereocenters. The summed E-state index contributed by atoms with van der Waals surface area (Å²) in [5.41, 5.74) is 0. The minimum absolute atomic E-state index is 0. The molecule has 8 heteroatoms. The molecular formula is Cl6MnW-4. The summed E-state index contributed by atoms with van der Waals surface area (Å²) in [6.45, 7) is 0. The van der Waals surface area contributed by atoms with Gasteiger partial charge in [0.2, 0.25) is 0 Å². The number of hydrogen-bond acceptors (Lipinski definition) is 0. The molecule has 0 unspecified atom stereocenters. The molecule has 0 aromatic heterocycles. The molecule has 0 aliphatic rings. The van der Waals surface area contributed by atoms with Crippen LogP contribution in [0.25, 0.3) is 0 Å². The van der Waals surface area contributed by atoms with Crippen LogP contribution in [-0.2, 0) is 38.1 Å². The summed E-state index contributed by atoms with van der Waals surface area (Å²) in [5, 5.41) is 0. The average Bonchev–Trinajstić information content (AvgIpc) is 0. The third-order valence-electron chi connectivity index (χ3n) is 0. The van der Waals surface area contributed by atoms with E-state index in [0.717, 1.165) is 0 Å².